The van der Waals surface area contributed by atoms with E-state index in [1.807, 2.05) is 27.7 Å². The highest BCUT2D eigenvalue weighted by atomic mass is 16.2. The molecule has 0 fully saturated rings. The highest BCUT2D eigenvalue weighted by molar-refractivity contribution is 5.87. The molecule has 0 aliphatic carbocycles. The zero-order valence-electron chi connectivity index (χ0n) is 23.4. The van der Waals surface area contributed by atoms with Gasteiger partial charge in [0.1, 0.15) is 12.1 Å². The number of hydrogen-bond acceptors (Lipinski definition) is 4. The number of carbonyl (C=O) groups is 4. The molecule has 6 N–H and O–H groups in total. The van der Waals surface area contributed by atoms with E-state index in [1.54, 1.807) is 0 Å². The summed E-state index contributed by atoms with van der Waals surface area (Å²) in [6.45, 7) is 14.0. The van der Waals surface area contributed by atoms with Crippen molar-refractivity contribution < 1.29 is 19.2 Å². The summed E-state index contributed by atoms with van der Waals surface area (Å²) in [4.78, 5) is 49.0. The van der Waals surface area contributed by atoms with Crippen LogP contribution in [0.2, 0.25) is 0 Å². The molecule has 36 heavy (non-hydrogen) atoms. The number of rotatable bonds is 19. The van der Waals surface area contributed by atoms with E-state index in [1.165, 1.54) is 0 Å². The lowest BCUT2D eigenvalue weighted by atomic mass is 10.0. The van der Waals surface area contributed by atoms with E-state index in [0.29, 0.717) is 26.2 Å². The molecule has 0 aromatic heterocycles. The Morgan fingerprint density at radius 1 is 0.500 bits per heavy atom. The predicted molar refractivity (Wildman–Crippen MR) is 145 cm³/mol. The lowest BCUT2D eigenvalue weighted by Gasteiger charge is -2.22. The standard InChI is InChI=1S/C26H52N6O4/c1-7-9-15-29-25(35)31-21(19(3)4)23(33)27-17-13-11-12-14-18-28-24(34)22(20(5)6)32-26(36)30-16-10-8-2/h19-22H,7-18H2,1-6H3,(H,27,33)(H,28,34)(H2,29,31,35)(H2,30,32,36)/t21-,22-/m0/s1. The van der Waals surface area contributed by atoms with Crippen molar-refractivity contribution in [1.82, 2.24) is 31.9 Å². The number of hydrogen-bond donors (Lipinski definition) is 6. The Morgan fingerprint density at radius 2 is 0.833 bits per heavy atom. The van der Waals surface area contributed by atoms with Crippen LogP contribution in [0.5, 0.6) is 0 Å². The normalized spacial score (nSPS) is 12.6. The van der Waals surface area contributed by atoms with Crippen molar-refractivity contribution in [2.24, 2.45) is 11.8 Å². The van der Waals surface area contributed by atoms with Crippen molar-refractivity contribution in [3.8, 4) is 0 Å². The van der Waals surface area contributed by atoms with Crippen molar-refractivity contribution in [3.05, 3.63) is 0 Å². The fourth-order valence-corrected chi connectivity index (χ4v) is 3.46. The molecule has 210 valence electrons. The third-order valence-electron chi connectivity index (χ3n) is 5.81. The van der Waals surface area contributed by atoms with Gasteiger partial charge in [0.2, 0.25) is 11.8 Å². The number of nitrogens with one attached hydrogen (secondary N) is 6. The Hall–Kier alpha value is -2.52. The first-order chi connectivity index (χ1) is 17.1. The smallest absolute Gasteiger partial charge is 0.315 e. The van der Waals surface area contributed by atoms with Gasteiger partial charge in [-0.3, -0.25) is 9.59 Å². The summed E-state index contributed by atoms with van der Waals surface area (Å²) in [7, 11) is 0. The second kappa shape index (κ2) is 20.7. The van der Waals surface area contributed by atoms with Gasteiger partial charge in [-0.2, -0.15) is 0 Å². The van der Waals surface area contributed by atoms with Gasteiger partial charge in [0.15, 0.2) is 0 Å². The zero-order chi connectivity index (χ0) is 27.3. The monoisotopic (exact) mass is 512 g/mol. The Balaban J connectivity index is 4.13. The first-order valence-corrected chi connectivity index (χ1v) is 13.8. The van der Waals surface area contributed by atoms with Crippen LogP contribution < -0.4 is 31.9 Å². The highest BCUT2D eigenvalue weighted by Gasteiger charge is 2.24. The summed E-state index contributed by atoms with van der Waals surface area (Å²) in [5, 5.41) is 16.9. The third-order valence-corrected chi connectivity index (χ3v) is 5.81. The largest absolute Gasteiger partial charge is 0.354 e. The minimum Gasteiger partial charge on any atom is -0.354 e. The van der Waals surface area contributed by atoms with Crippen LogP contribution in [-0.4, -0.2) is 62.1 Å². The average Bonchev–Trinajstić information content (AvgIpc) is 2.82. The minimum atomic E-state index is -0.571. The van der Waals surface area contributed by atoms with E-state index < -0.39 is 12.1 Å². The topological polar surface area (TPSA) is 140 Å². The van der Waals surface area contributed by atoms with Gasteiger partial charge in [-0.05, 0) is 37.5 Å². The van der Waals surface area contributed by atoms with E-state index in [2.05, 4.69) is 45.7 Å². The molecule has 0 aromatic rings. The molecular weight excluding hydrogens is 460 g/mol. The molecule has 0 heterocycles. The maximum absolute atomic E-state index is 12.5. The minimum absolute atomic E-state index is 0.0166. The molecule has 0 radical (unpaired) electrons. The Kier molecular flexibility index (Phi) is 19.2. The van der Waals surface area contributed by atoms with Gasteiger partial charge in [-0.15, -0.1) is 0 Å². The van der Waals surface area contributed by atoms with E-state index in [-0.39, 0.29) is 35.7 Å². The summed E-state index contributed by atoms with van der Waals surface area (Å²) in [6.07, 6.45) is 7.27. The maximum Gasteiger partial charge on any atom is 0.315 e. The van der Waals surface area contributed by atoms with Crippen LogP contribution in [0.4, 0.5) is 9.59 Å². The number of unbranched alkanes of at least 4 members (excludes halogenated alkanes) is 5. The van der Waals surface area contributed by atoms with E-state index in [9.17, 15) is 19.2 Å². The second-order valence-electron chi connectivity index (χ2n) is 9.95. The first-order valence-electron chi connectivity index (χ1n) is 13.8. The highest BCUT2D eigenvalue weighted by Crippen LogP contribution is 2.04. The lowest BCUT2D eigenvalue weighted by Crippen LogP contribution is -2.52. The lowest BCUT2D eigenvalue weighted by molar-refractivity contribution is -0.124. The molecule has 0 bridgehead atoms. The summed E-state index contributed by atoms with van der Waals surface area (Å²) >= 11 is 0. The Bertz CT molecular complexity index is 588. The van der Waals surface area contributed by atoms with Gasteiger partial charge in [-0.25, -0.2) is 9.59 Å². The molecule has 10 heteroatoms. The average molecular weight is 513 g/mol. The molecule has 0 saturated carbocycles. The van der Waals surface area contributed by atoms with Gasteiger partial charge in [0, 0.05) is 26.2 Å². The van der Waals surface area contributed by atoms with Crippen molar-refractivity contribution in [1.29, 1.82) is 0 Å². The van der Waals surface area contributed by atoms with Gasteiger partial charge in [0.05, 0.1) is 0 Å². The Morgan fingerprint density at radius 3 is 1.14 bits per heavy atom. The first kappa shape index (κ1) is 33.5. The molecule has 0 aromatic carbocycles. The predicted octanol–water partition coefficient (Wildman–Crippen LogP) is 3.03. The van der Waals surface area contributed by atoms with E-state index in [4.69, 9.17) is 0 Å². The summed E-state index contributed by atoms with van der Waals surface area (Å²) in [5.74, 6) is -0.378. The molecule has 0 aliphatic rings. The van der Waals surface area contributed by atoms with Crippen LogP contribution in [0.15, 0.2) is 0 Å². The number of amides is 6. The fourth-order valence-electron chi connectivity index (χ4n) is 3.46. The molecule has 0 aliphatic heterocycles. The molecule has 2 atom stereocenters. The van der Waals surface area contributed by atoms with E-state index >= 15 is 0 Å². The molecule has 0 spiro atoms. The van der Waals surface area contributed by atoms with Crippen LogP contribution in [-0.2, 0) is 9.59 Å². The Labute approximate surface area is 218 Å². The van der Waals surface area contributed by atoms with Crippen LogP contribution in [0.3, 0.4) is 0 Å². The zero-order valence-corrected chi connectivity index (χ0v) is 23.4. The fraction of sp³-hybridized carbons (Fsp3) is 0.846. The quantitative estimate of drug-likeness (QED) is 0.148. The van der Waals surface area contributed by atoms with Gasteiger partial charge >= 0.3 is 12.1 Å². The maximum atomic E-state index is 12.5. The van der Waals surface area contributed by atoms with Crippen LogP contribution in [0.25, 0.3) is 0 Å². The summed E-state index contributed by atoms with van der Waals surface area (Å²) in [5.41, 5.74) is 0. The third kappa shape index (κ3) is 16.2. The van der Waals surface area contributed by atoms with Crippen molar-refractivity contribution in [2.45, 2.75) is 105 Å². The van der Waals surface area contributed by atoms with Crippen LogP contribution in [0.1, 0.15) is 92.9 Å². The summed E-state index contributed by atoms with van der Waals surface area (Å²) < 4.78 is 0. The molecule has 6 amide bonds. The number of urea groups is 2. The second-order valence-corrected chi connectivity index (χ2v) is 9.95. The van der Waals surface area contributed by atoms with Crippen molar-refractivity contribution in [2.75, 3.05) is 26.2 Å². The SMILES string of the molecule is CCCCNC(=O)N[C@H](C(=O)NCCCCCCNC(=O)[C@@H](NC(=O)NCCCC)C(C)C)C(C)C. The number of carbonyl (C=O) groups excluding carboxylic acids is 4. The van der Waals surface area contributed by atoms with Gasteiger partial charge in [-0.1, -0.05) is 67.2 Å². The molecule has 10 nitrogen and oxygen atoms in total. The molecular formula is C26H52N6O4. The van der Waals surface area contributed by atoms with Gasteiger partial charge in [0.25, 0.3) is 0 Å². The van der Waals surface area contributed by atoms with Crippen LogP contribution in [0, 0.1) is 11.8 Å². The molecule has 0 unspecified atom stereocenters. The molecule has 0 saturated heterocycles. The summed E-state index contributed by atoms with van der Waals surface area (Å²) in [6, 6.07) is -1.77. The van der Waals surface area contributed by atoms with Crippen molar-refractivity contribution >= 4 is 23.9 Å². The molecule has 0 rings (SSSR count). The van der Waals surface area contributed by atoms with Crippen molar-refractivity contribution in [3.63, 3.8) is 0 Å². The van der Waals surface area contributed by atoms with E-state index in [0.717, 1.165) is 51.4 Å². The van der Waals surface area contributed by atoms with Crippen LogP contribution >= 0.6 is 0 Å². The van der Waals surface area contributed by atoms with Gasteiger partial charge < -0.3 is 31.9 Å².